The maximum absolute atomic E-state index is 12.4. The molecule has 1 aromatic carbocycles. The summed E-state index contributed by atoms with van der Waals surface area (Å²) in [6, 6.07) is 9.61. The first-order chi connectivity index (χ1) is 9.95. The number of alkyl halides is 3. The molecule has 110 valence electrons. The van der Waals surface area contributed by atoms with Crippen molar-refractivity contribution in [1.82, 2.24) is 10.4 Å². The Labute approximate surface area is 119 Å². The van der Waals surface area contributed by atoms with Crippen LogP contribution in [0.5, 0.6) is 0 Å². The zero-order valence-corrected chi connectivity index (χ0v) is 10.8. The second kappa shape index (κ2) is 6.25. The lowest BCUT2D eigenvalue weighted by atomic mass is 10.1. The van der Waals surface area contributed by atoms with Gasteiger partial charge < -0.3 is 0 Å². The number of nitrogens with zero attached hydrogens (tertiary/aromatic N) is 1. The number of hydrogen-bond donors (Lipinski definition) is 2. The monoisotopic (exact) mass is 295 g/mol. The molecular formula is C14H12F3N3O. The third-order valence-corrected chi connectivity index (χ3v) is 2.64. The highest BCUT2D eigenvalue weighted by molar-refractivity contribution is 5.79. The molecule has 0 atom stereocenters. The summed E-state index contributed by atoms with van der Waals surface area (Å²) in [5.74, 6) is 0.0960. The Morgan fingerprint density at radius 3 is 2.38 bits per heavy atom. The topological polar surface area (TPSA) is 54.0 Å². The summed E-state index contributed by atoms with van der Waals surface area (Å²) in [6.45, 7) is 0. The summed E-state index contributed by atoms with van der Waals surface area (Å²) in [4.78, 5) is 15.6. The van der Waals surface area contributed by atoms with Gasteiger partial charge in [0.2, 0.25) is 5.91 Å². The van der Waals surface area contributed by atoms with E-state index in [0.29, 0.717) is 11.4 Å². The van der Waals surface area contributed by atoms with Crippen molar-refractivity contribution in [2.24, 2.45) is 0 Å². The highest BCUT2D eigenvalue weighted by Gasteiger charge is 2.29. The van der Waals surface area contributed by atoms with Gasteiger partial charge in [-0.2, -0.15) is 13.2 Å². The van der Waals surface area contributed by atoms with Crippen molar-refractivity contribution in [3.63, 3.8) is 0 Å². The summed E-state index contributed by atoms with van der Waals surface area (Å²) < 4.78 is 37.2. The Morgan fingerprint density at radius 1 is 1.10 bits per heavy atom. The summed E-state index contributed by atoms with van der Waals surface area (Å²) in [6.07, 6.45) is -2.84. The molecule has 0 aliphatic heterocycles. The molecule has 0 unspecified atom stereocenters. The minimum Gasteiger partial charge on any atom is -0.282 e. The van der Waals surface area contributed by atoms with E-state index in [1.54, 1.807) is 24.4 Å². The van der Waals surface area contributed by atoms with Crippen molar-refractivity contribution in [3.05, 3.63) is 59.8 Å². The molecule has 2 N–H and O–H groups in total. The summed E-state index contributed by atoms with van der Waals surface area (Å²) in [5, 5.41) is 0. The minimum atomic E-state index is -4.37. The van der Waals surface area contributed by atoms with Crippen molar-refractivity contribution >= 4 is 11.7 Å². The largest absolute Gasteiger partial charge is 0.416 e. The van der Waals surface area contributed by atoms with E-state index in [1.165, 1.54) is 12.1 Å². The van der Waals surface area contributed by atoms with Crippen molar-refractivity contribution in [1.29, 1.82) is 0 Å². The minimum absolute atomic E-state index is 0.0298. The van der Waals surface area contributed by atoms with Crippen molar-refractivity contribution < 1.29 is 18.0 Å². The van der Waals surface area contributed by atoms with Crippen LogP contribution in [0.1, 0.15) is 11.1 Å². The average molecular weight is 295 g/mol. The van der Waals surface area contributed by atoms with Crippen LogP contribution < -0.4 is 10.9 Å². The Hall–Kier alpha value is -2.57. The number of halogens is 3. The fraction of sp³-hybridized carbons (Fsp3) is 0.143. The van der Waals surface area contributed by atoms with Gasteiger partial charge in [0.05, 0.1) is 12.0 Å². The maximum atomic E-state index is 12.4. The molecule has 0 aliphatic rings. The number of anilines is 1. The smallest absolute Gasteiger partial charge is 0.282 e. The number of amides is 1. The third-order valence-electron chi connectivity index (χ3n) is 2.64. The first-order valence-corrected chi connectivity index (χ1v) is 6.07. The Kier molecular flexibility index (Phi) is 4.42. The van der Waals surface area contributed by atoms with Crippen LogP contribution >= 0.6 is 0 Å². The van der Waals surface area contributed by atoms with Crippen LogP contribution in [0.25, 0.3) is 0 Å². The first-order valence-electron chi connectivity index (χ1n) is 6.07. The number of aromatic nitrogens is 1. The molecule has 1 amide bonds. The molecule has 0 aliphatic carbocycles. The number of pyridine rings is 1. The normalized spacial score (nSPS) is 11.0. The van der Waals surface area contributed by atoms with E-state index in [4.69, 9.17) is 0 Å². The van der Waals surface area contributed by atoms with E-state index in [-0.39, 0.29) is 12.3 Å². The molecule has 0 spiro atoms. The van der Waals surface area contributed by atoms with Gasteiger partial charge in [-0.15, -0.1) is 0 Å². The van der Waals surface area contributed by atoms with Crippen LogP contribution in [0.15, 0.2) is 48.7 Å². The molecule has 0 saturated carbocycles. The molecule has 1 aromatic heterocycles. The van der Waals surface area contributed by atoms with Gasteiger partial charge in [0.25, 0.3) is 0 Å². The number of hydrogen-bond acceptors (Lipinski definition) is 3. The van der Waals surface area contributed by atoms with Crippen LogP contribution in [-0.2, 0) is 17.4 Å². The van der Waals surface area contributed by atoms with E-state index in [0.717, 1.165) is 12.1 Å². The number of carbonyl (C=O) groups excluding carboxylic acids is 1. The van der Waals surface area contributed by atoms with Crippen molar-refractivity contribution in [3.8, 4) is 0 Å². The lowest BCUT2D eigenvalue weighted by molar-refractivity contribution is -0.137. The van der Waals surface area contributed by atoms with Crippen LogP contribution in [0.3, 0.4) is 0 Å². The van der Waals surface area contributed by atoms with Gasteiger partial charge in [0.1, 0.15) is 5.82 Å². The van der Waals surface area contributed by atoms with Gasteiger partial charge in [0.15, 0.2) is 0 Å². The number of hydrazine groups is 1. The van der Waals surface area contributed by atoms with Gasteiger partial charge in [-0.25, -0.2) is 4.98 Å². The van der Waals surface area contributed by atoms with Crippen molar-refractivity contribution in [2.75, 3.05) is 5.43 Å². The Morgan fingerprint density at radius 2 is 1.81 bits per heavy atom. The molecular weight excluding hydrogens is 283 g/mol. The summed E-state index contributed by atoms with van der Waals surface area (Å²) >= 11 is 0. The van der Waals surface area contributed by atoms with Crippen LogP contribution in [0, 0.1) is 0 Å². The van der Waals surface area contributed by atoms with Gasteiger partial charge in [0, 0.05) is 6.20 Å². The van der Waals surface area contributed by atoms with Gasteiger partial charge >= 0.3 is 6.18 Å². The lowest BCUT2D eigenvalue weighted by Gasteiger charge is -2.09. The molecule has 0 radical (unpaired) electrons. The van der Waals surface area contributed by atoms with Gasteiger partial charge in [-0.1, -0.05) is 18.2 Å². The quantitative estimate of drug-likeness (QED) is 0.853. The molecule has 2 rings (SSSR count). The van der Waals surface area contributed by atoms with E-state index >= 15 is 0 Å². The number of benzene rings is 1. The van der Waals surface area contributed by atoms with Crippen LogP contribution in [-0.4, -0.2) is 10.9 Å². The molecule has 0 fully saturated rings. The molecule has 0 saturated heterocycles. The molecule has 4 nitrogen and oxygen atoms in total. The molecule has 7 heteroatoms. The number of nitrogens with one attached hydrogen (secondary N) is 2. The highest BCUT2D eigenvalue weighted by atomic mass is 19.4. The fourth-order valence-electron chi connectivity index (χ4n) is 1.61. The lowest BCUT2D eigenvalue weighted by Crippen LogP contribution is -2.31. The van der Waals surface area contributed by atoms with E-state index < -0.39 is 11.7 Å². The highest BCUT2D eigenvalue weighted by Crippen LogP contribution is 2.29. The fourth-order valence-corrected chi connectivity index (χ4v) is 1.61. The zero-order valence-electron chi connectivity index (χ0n) is 10.8. The van der Waals surface area contributed by atoms with E-state index in [1.807, 2.05) is 0 Å². The molecule has 1 heterocycles. The SMILES string of the molecule is O=C(Cc1ccc(C(F)(F)F)cc1)NNc1ccccn1. The van der Waals surface area contributed by atoms with Crippen LogP contribution in [0.4, 0.5) is 19.0 Å². The maximum Gasteiger partial charge on any atom is 0.416 e. The van der Waals surface area contributed by atoms with Gasteiger partial charge in [-0.3, -0.25) is 15.6 Å². The van der Waals surface area contributed by atoms with Crippen molar-refractivity contribution in [2.45, 2.75) is 12.6 Å². The standard InChI is InChI=1S/C14H12F3N3O/c15-14(16,17)11-6-4-10(5-7-11)9-13(21)20-19-12-3-1-2-8-18-12/h1-8H,9H2,(H,18,19)(H,20,21). The molecule has 0 bridgehead atoms. The second-order valence-corrected chi connectivity index (χ2v) is 4.26. The first kappa shape index (κ1) is 14.8. The second-order valence-electron chi connectivity index (χ2n) is 4.26. The van der Waals surface area contributed by atoms with Crippen LogP contribution in [0.2, 0.25) is 0 Å². The third kappa shape index (κ3) is 4.48. The summed E-state index contributed by atoms with van der Waals surface area (Å²) in [5.41, 5.74) is 4.78. The van der Waals surface area contributed by atoms with Gasteiger partial charge in [-0.05, 0) is 29.8 Å². The Bertz CT molecular complexity index is 597. The Balaban J connectivity index is 1.88. The predicted octanol–water partition coefficient (Wildman–Crippen LogP) is 2.79. The molecule has 2 aromatic rings. The van der Waals surface area contributed by atoms with E-state index in [9.17, 15) is 18.0 Å². The average Bonchev–Trinajstić information content (AvgIpc) is 2.46. The number of carbonyl (C=O) groups is 1. The summed E-state index contributed by atoms with van der Waals surface area (Å²) in [7, 11) is 0. The zero-order chi connectivity index (χ0) is 15.3. The molecule has 21 heavy (non-hydrogen) atoms. The number of rotatable bonds is 4. The predicted molar refractivity (Wildman–Crippen MR) is 71.2 cm³/mol. The van der Waals surface area contributed by atoms with E-state index in [2.05, 4.69) is 15.8 Å².